The SMILES string of the molecule is CCC(CNC(=O)/C=C/c1ccc(F)cc1)c1ccccc1. The second-order valence-electron chi connectivity index (χ2n) is 5.15. The molecule has 0 heterocycles. The van der Waals surface area contributed by atoms with E-state index >= 15 is 0 Å². The summed E-state index contributed by atoms with van der Waals surface area (Å²) in [4.78, 5) is 11.9. The highest BCUT2D eigenvalue weighted by Crippen LogP contribution is 2.17. The second kappa shape index (κ2) is 8.13. The Labute approximate surface area is 130 Å². The van der Waals surface area contributed by atoms with Crippen LogP contribution in [0.15, 0.2) is 60.7 Å². The van der Waals surface area contributed by atoms with Crippen molar-refractivity contribution in [1.29, 1.82) is 0 Å². The maximum atomic E-state index is 12.8. The first-order chi connectivity index (χ1) is 10.7. The van der Waals surface area contributed by atoms with Gasteiger partial charge in [0.05, 0.1) is 0 Å². The minimum absolute atomic E-state index is 0.140. The van der Waals surface area contributed by atoms with Crippen LogP contribution in [0.25, 0.3) is 6.08 Å². The van der Waals surface area contributed by atoms with Crippen LogP contribution in [0.2, 0.25) is 0 Å². The molecule has 1 amide bonds. The van der Waals surface area contributed by atoms with Crippen LogP contribution in [0.1, 0.15) is 30.4 Å². The summed E-state index contributed by atoms with van der Waals surface area (Å²) in [5.41, 5.74) is 2.03. The smallest absolute Gasteiger partial charge is 0.244 e. The highest BCUT2D eigenvalue weighted by Gasteiger charge is 2.09. The second-order valence-corrected chi connectivity index (χ2v) is 5.15. The lowest BCUT2D eigenvalue weighted by molar-refractivity contribution is -0.116. The Morgan fingerprint density at radius 2 is 1.82 bits per heavy atom. The van der Waals surface area contributed by atoms with Gasteiger partial charge >= 0.3 is 0 Å². The number of nitrogens with one attached hydrogen (secondary N) is 1. The van der Waals surface area contributed by atoms with E-state index in [-0.39, 0.29) is 11.7 Å². The first-order valence-electron chi connectivity index (χ1n) is 7.45. The summed E-state index contributed by atoms with van der Waals surface area (Å²) in [5, 5.41) is 2.91. The topological polar surface area (TPSA) is 29.1 Å². The van der Waals surface area contributed by atoms with Crippen molar-refractivity contribution in [1.82, 2.24) is 5.32 Å². The maximum Gasteiger partial charge on any atom is 0.244 e. The molecule has 2 aromatic carbocycles. The van der Waals surface area contributed by atoms with Crippen molar-refractivity contribution in [3.8, 4) is 0 Å². The third-order valence-electron chi connectivity index (χ3n) is 3.58. The Kier molecular flexibility index (Phi) is 5.90. The van der Waals surface area contributed by atoms with Crippen molar-refractivity contribution in [3.05, 3.63) is 77.6 Å². The average molecular weight is 297 g/mol. The number of halogens is 1. The minimum Gasteiger partial charge on any atom is -0.352 e. The molecule has 1 unspecified atom stereocenters. The van der Waals surface area contributed by atoms with Crippen molar-refractivity contribution in [2.75, 3.05) is 6.54 Å². The molecule has 0 radical (unpaired) electrons. The van der Waals surface area contributed by atoms with Crippen molar-refractivity contribution >= 4 is 12.0 Å². The summed E-state index contributed by atoms with van der Waals surface area (Å²) in [5.74, 6) is -0.113. The number of hydrogen-bond donors (Lipinski definition) is 1. The molecule has 1 N–H and O–H groups in total. The quantitative estimate of drug-likeness (QED) is 0.797. The number of rotatable bonds is 6. The Hall–Kier alpha value is -2.42. The predicted molar refractivity (Wildman–Crippen MR) is 87.9 cm³/mol. The number of amides is 1. The summed E-state index contributed by atoms with van der Waals surface area (Å²) in [7, 11) is 0. The van der Waals surface area contributed by atoms with Gasteiger partial charge < -0.3 is 5.32 Å². The van der Waals surface area contributed by atoms with Crippen LogP contribution < -0.4 is 5.32 Å². The van der Waals surface area contributed by atoms with Crippen molar-refractivity contribution in [3.63, 3.8) is 0 Å². The molecule has 3 heteroatoms. The van der Waals surface area contributed by atoms with E-state index < -0.39 is 0 Å². The Morgan fingerprint density at radius 1 is 1.14 bits per heavy atom. The molecule has 2 rings (SSSR count). The van der Waals surface area contributed by atoms with E-state index in [0.29, 0.717) is 12.5 Å². The molecule has 0 fully saturated rings. The number of carbonyl (C=O) groups excluding carboxylic acids is 1. The minimum atomic E-state index is -0.282. The van der Waals surface area contributed by atoms with Gasteiger partial charge in [-0.05, 0) is 35.8 Å². The van der Waals surface area contributed by atoms with Gasteiger partial charge in [-0.2, -0.15) is 0 Å². The molecule has 114 valence electrons. The van der Waals surface area contributed by atoms with Crippen LogP contribution in [0.4, 0.5) is 4.39 Å². The fraction of sp³-hybridized carbons (Fsp3) is 0.211. The zero-order valence-electron chi connectivity index (χ0n) is 12.6. The normalized spacial score (nSPS) is 12.3. The molecule has 0 aliphatic carbocycles. The van der Waals surface area contributed by atoms with Crippen LogP contribution in [0, 0.1) is 5.82 Å². The molecule has 0 saturated heterocycles. The third-order valence-corrected chi connectivity index (χ3v) is 3.58. The van der Waals surface area contributed by atoms with Gasteiger partial charge in [0.2, 0.25) is 5.91 Å². The Bertz CT molecular complexity index is 620. The molecule has 22 heavy (non-hydrogen) atoms. The van der Waals surface area contributed by atoms with Gasteiger partial charge in [0.25, 0.3) is 0 Å². The standard InChI is InChI=1S/C19H20FNO/c1-2-16(17-6-4-3-5-7-17)14-21-19(22)13-10-15-8-11-18(20)12-9-15/h3-13,16H,2,14H2,1H3,(H,21,22)/b13-10+. The van der Waals surface area contributed by atoms with E-state index in [0.717, 1.165) is 12.0 Å². The van der Waals surface area contributed by atoms with Crippen molar-refractivity contribution < 1.29 is 9.18 Å². The van der Waals surface area contributed by atoms with Crippen LogP contribution in [-0.4, -0.2) is 12.5 Å². The van der Waals surface area contributed by atoms with Gasteiger partial charge in [-0.3, -0.25) is 4.79 Å². The molecule has 0 bridgehead atoms. The Balaban J connectivity index is 1.87. The molecule has 1 atom stereocenters. The summed E-state index contributed by atoms with van der Waals surface area (Å²) in [6.07, 6.45) is 4.12. The van der Waals surface area contributed by atoms with Gasteiger partial charge in [-0.25, -0.2) is 4.39 Å². The molecule has 0 spiro atoms. The van der Waals surface area contributed by atoms with Gasteiger partial charge in [0, 0.05) is 18.5 Å². The van der Waals surface area contributed by atoms with E-state index in [2.05, 4.69) is 24.4 Å². The number of benzene rings is 2. The molecular formula is C19H20FNO. The van der Waals surface area contributed by atoms with Crippen molar-refractivity contribution in [2.24, 2.45) is 0 Å². The lowest BCUT2D eigenvalue weighted by atomic mass is 9.96. The van der Waals surface area contributed by atoms with Crippen LogP contribution in [-0.2, 0) is 4.79 Å². The zero-order chi connectivity index (χ0) is 15.8. The van der Waals surface area contributed by atoms with Gasteiger partial charge in [0.15, 0.2) is 0 Å². The van der Waals surface area contributed by atoms with Gasteiger partial charge in [-0.1, -0.05) is 49.4 Å². The first-order valence-corrected chi connectivity index (χ1v) is 7.45. The number of carbonyl (C=O) groups is 1. The lowest BCUT2D eigenvalue weighted by Crippen LogP contribution is -2.26. The average Bonchev–Trinajstić information content (AvgIpc) is 2.56. The lowest BCUT2D eigenvalue weighted by Gasteiger charge is -2.15. The summed E-state index contributed by atoms with van der Waals surface area (Å²) < 4.78 is 12.8. The molecule has 2 nitrogen and oxygen atoms in total. The zero-order valence-corrected chi connectivity index (χ0v) is 12.6. The van der Waals surface area contributed by atoms with Gasteiger partial charge in [-0.15, -0.1) is 0 Å². The fourth-order valence-electron chi connectivity index (χ4n) is 2.25. The molecule has 0 saturated carbocycles. The van der Waals surface area contributed by atoms with E-state index in [1.165, 1.54) is 23.8 Å². The monoisotopic (exact) mass is 297 g/mol. The highest BCUT2D eigenvalue weighted by molar-refractivity contribution is 5.91. The van der Waals surface area contributed by atoms with E-state index in [9.17, 15) is 9.18 Å². The van der Waals surface area contributed by atoms with E-state index in [1.807, 2.05) is 18.2 Å². The summed E-state index contributed by atoms with van der Waals surface area (Å²) in [6.45, 7) is 2.71. The van der Waals surface area contributed by atoms with Crippen LogP contribution in [0.5, 0.6) is 0 Å². The van der Waals surface area contributed by atoms with Crippen LogP contribution >= 0.6 is 0 Å². The molecule has 2 aromatic rings. The van der Waals surface area contributed by atoms with Crippen molar-refractivity contribution in [2.45, 2.75) is 19.3 Å². The largest absolute Gasteiger partial charge is 0.352 e. The molecule has 0 aliphatic rings. The highest BCUT2D eigenvalue weighted by atomic mass is 19.1. The van der Waals surface area contributed by atoms with Crippen LogP contribution in [0.3, 0.4) is 0 Å². The first kappa shape index (κ1) is 16.0. The van der Waals surface area contributed by atoms with E-state index in [1.54, 1.807) is 18.2 Å². The van der Waals surface area contributed by atoms with Gasteiger partial charge in [0.1, 0.15) is 5.82 Å². The van der Waals surface area contributed by atoms with E-state index in [4.69, 9.17) is 0 Å². The summed E-state index contributed by atoms with van der Waals surface area (Å²) >= 11 is 0. The summed E-state index contributed by atoms with van der Waals surface area (Å²) in [6, 6.07) is 16.2. The molecule has 0 aliphatic heterocycles. The molecular weight excluding hydrogens is 277 g/mol. The fourth-order valence-corrected chi connectivity index (χ4v) is 2.25. The number of hydrogen-bond acceptors (Lipinski definition) is 1. The Morgan fingerprint density at radius 3 is 2.45 bits per heavy atom. The maximum absolute atomic E-state index is 12.8. The third kappa shape index (κ3) is 4.85. The predicted octanol–water partition coefficient (Wildman–Crippen LogP) is 4.15. The molecule has 0 aromatic heterocycles.